The van der Waals surface area contributed by atoms with Crippen molar-refractivity contribution >= 4 is 20.6 Å². The molecule has 0 saturated carbocycles. The van der Waals surface area contributed by atoms with Gasteiger partial charge in [-0.05, 0) is 36.4 Å². The van der Waals surface area contributed by atoms with Crippen LogP contribution in [0.25, 0.3) is 10.8 Å². The molecule has 4 rings (SSSR count). The number of aromatic nitrogens is 5. The average molecular weight is 441 g/mol. The van der Waals surface area contributed by atoms with E-state index in [4.69, 9.17) is 9.84 Å². The second-order valence-corrected chi connectivity index (χ2v) is 8.59. The summed E-state index contributed by atoms with van der Waals surface area (Å²) in [6, 6.07) is 8.88. The van der Waals surface area contributed by atoms with E-state index in [0.717, 1.165) is 0 Å². The normalized spacial score (nSPS) is 11.7. The van der Waals surface area contributed by atoms with Crippen LogP contribution in [0, 0.1) is 0 Å². The van der Waals surface area contributed by atoms with E-state index in [0.29, 0.717) is 28.8 Å². The maximum atomic E-state index is 12.9. The summed E-state index contributed by atoms with van der Waals surface area (Å²) >= 11 is 0. The summed E-state index contributed by atoms with van der Waals surface area (Å²) in [5.41, 5.74) is 0.257. The first-order valence-electron chi connectivity index (χ1n) is 9.30. The van der Waals surface area contributed by atoms with E-state index in [1.165, 1.54) is 54.5 Å². The lowest BCUT2D eigenvalue weighted by Gasteiger charge is -2.08. The minimum atomic E-state index is -3.87. The summed E-state index contributed by atoms with van der Waals surface area (Å²) in [5, 5.41) is 18.0. The van der Waals surface area contributed by atoms with Crippen LogP contribution in [-0.4, -0.2) is 51.8 Å². The molecular formula is C20H19N5O5S. The van der Waals surface area contributed by atoms with Gasteiger partial charge in [-0.25, -0.2) is 18.1 Å². The molecule has 0 unspecified atom stereocenters. The van der Waals surface area contributed by atoms with Crippen LogP contribution in [0.5, 0.6) is 5.75 Å². The number of pyridine rings is 1. The standard InChI is InChI=1S/C20H19N5O5S/c1-30-16-2-5-19(21-12-16)31(28,29)17-3-4-18-14(10-17)11-22-25(20(18)27)13-15-6-7-24(23-15)8-9-26/h2-7,10-12,26H,8-9,13H2,1H3. The van der Waals surface area contributed by atoms with Gasteiger partial charge in [0.05, 0.1) is 55.2 Å². The number of nitrogens with zero attached hydrogens (tertiary/aromatic N) is 5. The number of aliphatic hydroxyl groups is 1. The summed E-state index contributed by atoms with van der Waals surface area (Å²) < 4.78 is 33.6. The molecule has 3 aromatic heterocycles. The van der Waals surface area contributed by atoms with Crippen molar-refractivity contribution in [1.29, 1.82) is 0 Å². The first-order chi connectivity index (χ1) is 14.9. The summed E-state index contributed by atoms with van der Waals surface area (Å²) in [6.07, 6.45) is 4.49. The zero-order valence-electron chi connectivity index (χ0n) is 16.5. The molecule has 10 nitrogen and oxygen atoms in total. The van der Waals surface area contributed by atoms with E-state index in [1.807, 2.05) is 0 Å². The monoisotopic (exact) mass is 441 g/mol. The van der Waals surface area contributed by atoms with Crippen LogP contribution in [0.4, 0.5) is 0 Å². The number of benzene rings is 1. The van der Waals surface area contributed by atoms with Crippen molar-refractivity contribution in [2.45, 2.75) is 23.0 Å². The fourth-order valence-electron chi connectivity index (χ4n) is 3.08. The Morgan fingerprint density at radius 1 is 1.13 bits per heavy atom. The lowest BCUT2D eigenvalue weighted by atomic mass is 10.2. The molecule has 4 aromatic rings. The highest BCUT2D eigenvalue weighted by molar-refractivity contribution is 7.91. The summed E-state index contributed by atoms with van der Waals surface area (Å²) in [6.45, 7) is 0.482. The molecule has 0 fully saturated rings. The van der Waals surface area contributed by atoms with E-state index in [2.05, 4.69) is 15.2 Å². The van der Waals surface area contributed by atoms with Crippen LogP contribution in [0.2, 0.25) is 0 Å². The number of rotatable bonds is 7. The van der Waals surface area contributed by atoms with Gasteiger partial charge in [-0.1, -0.05) is 0 Å². The molecule has 0 aliphatic rings. The van der Waals surface area contributed by atoms with E-state index in [-0.39, 0.29) is 28.6 Å². The predicted molar refractivity (Wildman–Crippen MR) is 111 cm³/mol. The van der Waals surface area contributed by atoms with Crippen LogP contribution >= 0.6 is 0 Å². The molecule has 0 bridgehead atoms. The Hall–Kier alpha value is -3.57. The largest absolute Gasteiger partial charge is 0.495 e. The van der Waals surface area contributed by atoms with Crippen LogP contribution in [0.15, 0.2) is 69.7 Å². The number of aliphatic hydroxyl groups excluding tert-OH is 1. The number of sulfone groups is 1. The topological polar surface area (TPSA) is 129 Å². The zero-order chi connectivity index (χ0) is 22.0. The third-order valence-electron chi connectivity index (χ3n) is 4.69. The molecule has 0 spiro atoms. The van der Waals surface area contributed by atoms with E-state index >= 15 is 0 Å². The van der Waals surface area contributed by atoms with Gasteiger partial charge in [-0.3, -0.25) is 9.48 Å². The van der Waals surface area contributed by atoms with Gasteiger partial charge in [-0.15, -0.1) is 0 Å². The highest BCUT2D eigenvalue weighted by Crippen LogP contribution is 2.23. The Morgan fingerprint density at radius 2 is 1.97 bits per heavy atom. The van der Waals surface area contributed by atoms with E-state index < -0.39 is 9.84 Å². The van der Waals surface area contributed by atoms with Gasteiger partial charge < -0.3 is 9.84 Å². The van der Waals surface area contributed by atoms with Crippen molar-refractivity contribution in [1.82, 2.24) is 24.5 Å². The van der Waals surface area contributed by atoms with E-state index in [1.54, 1.807) is 16.9 Å². The Morgan fingerprint density at radius 3 is 2.68 bits per heavy atom. The van der Waals surface area contributed by atoms with Crippen LogP contribution in [0.3, 0.4) is 0 Å². The number of hydrogen-bond acceptors (Lipinski definition) is 8. The quantitative estimate of drug-likeness (QED) is 0.447. The predicted octanol–water partition coefficient (Wildman–Crippen LogP) is 0.870. The smallest absolute Gasteiger partial charge is 0.274 e. The molecule has 0 amide bonds. The summed E-state index contributed by atoms with van der Waals surface area (Å²) in [5.74, 6) is 0.448. The van der Waals surface area contributed by atoms with Crippen molar-refractivity contribution in [3.05, 3.63) is 71.0 Å². The number of methoxy groups -OCH3 is 1. The Labute approximate surface area is 177 Å². The molecule has 1 aromatic carbocycles. The SMILES string of the molecule is COc1ccc(S(=O)(=O)c2ccc3c(=O)n(Cc4ccn(CCO)n4)ncc3c2)nc1. The third-order valence-corrected chi connectivity index (χ3v) is 6.36. The fraction of sp³-hybridized carbons (Fsp3) is 0.200. The maximum absolute atomic E-state index is 12.9. The first-order valence-corrected chi connectivity index (χ1v) is 10.8. The minimum absolute atomic E-state index is 0.0133. The van der Waals surface area contributed by atoms with Crippen molar-refractivity contribution in [3.8, 4) is 5.75 Å². The van der Waals surface area contributed by atoms with Crippen LogP contribution in [-0.2, 0) is 22.9 Å². The van der Waals surface area contributed by atoms with Gasteiger partial charge >= 0.3 is 0 Å². The minimum Gasteiger partial charge on any atom is -0.495 e. The lowest BCUT2D eigenvalue weighted by molar-refractivity contribution is 0.269. The van der Waals surface area contributed by atoms with Gasteiger partial charge in [-0.2, -0.15) is 10.2 Å². The van der Waals surface area contributed by atoms with Gasteiger partial charge in [0.2, 0.25) is 9.84 Å². The van der Waals surface area contributed by atoms with Gasteiger partial charge in [0, 0.05) is 11.6 Å². The molecule has 160 valence electrons. The van der Waals surface area contributed by atoms with Crippen molar-refractivity contribution in [3.63, 3.8) is 0 Å². The first kappa shape index (κ1) is 20.7. The zero-order valence-corrected chi connectivity index (χ0v) is 17.4. The van der Waals surface area contributed by atoms with Crippen molar-refractivity contribution < 1.29 is 18.3 Å². The number of hydrogen-bond donors (Lipinski definition) is 1. The van der Waals surface area contributed by atoms with Gasteiger partial charge in [0.1, 0.15) is 5.75 Å². The van der Waals surface area contributed by atoms with Crippen molar-refractivity contribution in [2.24, 2.45) is 0 Å². The fourth-order valence-corrected chi connectivity index (χ4v) is 4.29. The van der Waals surface area contributed by atoms with E-state index in [9.17, 15) is 13.2 Å². The summed E-state index contributed by atoms with van der Waals surface area (Å²) in [4.78, 5) is 16.8. The van der Waals surface area contributed by atoms with Gasteiger partial charge in [0.15, 0.2) is 5.03 Å². The molecule has 0 aliphatic carbocycles. The Balaban J connectivity index is 1.66. The second kappa shape index (κ2) is 8.28. The second-order valence-electron chi connectivity index (χ2n) is 6.69. The molecular weight excluding hydrogens is 422 g/mol. The van der Waals surface area contributed by atoms with Crippen LogP contribution in [0.1, 0.15) is 5.69 Å². The van der Waals surface area contributed by atoms with Crippen LogP contribution < -0.4 is 10.3 Å². The lowest BCUT2D eigenvalue weighted by Crippen LogP contribution is -2.23. The van der Waals surface area contributed by atoms with Gasteiger partial charge in [0.25, 0.3) is 5.56 Å². The summed E-state index contributed by atoms with van der Waals surface area (Å²) in [7, 11) is -2.40. The Bertz CT molecular complexity index is 1390. The molecule has 0 aliphatic heterocycles. The third kappa shape index (κ3) is 4.05. The molecule has 1 N–H and O–H groups in total. The highest BCUT2D eigenvalue weighted by atomic mass is 32.2. The Kier molecular flexibility index (Phi) is 5.53. The number of fused-ring (bicyclic) bond motifs is 1. The highest BCUT2D eigenvalue weighted by Gasteiger charge is 2.20. The molecule has 0 atom stereocenters. The molecule has 0 saturated heterocycles. The average Bonchev–Trinajstić information content (AvgIpc) is 3.22. The van der Waals surface area contributed by atoms with Crippen molar-refractivity contribution in [2.75, 3.05) is 13.7 Å². The molecule has 3 heterocycles. The number of ether oxygens (including phenoxy) is 1. The maximum Gasteiger partial charge on any atom is 0.274 e. The molecule has 11 heteroatoms. The molecule has 0 radical (unpaired) electrons. The molecule has 31 heavy (non-hydrogen) atoms.